The molecule has 4 rings (SSSR count). The molecule has 0 bridgehead atoms. The third-order valence-electron chi connectivity index (χ3n) is 5.33. The smallest absolute Gasteiger partial charge is 0.342 e. The minimum absolute atomic E-state index is 0.0572. The van der Waals surface area contributed by atoms with E-state index in [9.17, 15) is 22.8 Å². The fraction of sp³-hybridized carbons (Fsp3) is 0.286. The monoisotopic (exact) mass is 444 g/mol. The Bertz CT molecular complexity index is 1150. The summed E-state index contributed by atoms with van der Waals surface area (Å²) in [5.74, 6) is -0.181. The molecule has 0 saturated carbocycles. The molecule has 0 N–H and O–H groups in total. The number of carbonyl (C=O) groups is 2. The van der Waals surface area contributed by atoms with E-state index in [2.05, 4.69) is 15.1 Å². The second-order valence-electron chi connectivity index (χ2n) is 7.27. The molecule has 1 aliphatic rings. The average molecular weight is 444 g/mol. The van der Waals surface area contributed by atoms with Gasteiger partial charge in [-0.2, -0.15) is 18.3 Å². The van der Waals surface area contributed by atoms with Gasteiger partial charge in [0, 0.05) is 37.9 Å². The van der Waals surface area contributed by atoms with Gasteiger partial charge in [-0.25, -0.2) is 14.6 Å². The first-order valence-electron chi connectivity index (χ1n) is 9.83. The van der Waals surface area contributed by atoms with Gasteiger partial charge < -0.3 is 9.80 Å². The maximum absolute atomic E-state index is 13.4. The fourth-order valence-corrected chi connectivity index (χ4v) is 3.58. The van der Waals surface area contributed by atoms with Crippen LogP contribution in [0.2, 0.25) is 0 Å². The van der Waals surface area contributed by atoms with E-state index in [-0.39, 0.29) is 23.1 Å². The van der Waals surface area contributed by atoms with E-state index in [1.54, 1.807) is 16.7 Å². The number of hydrogen-bond acceptors (Lipinski definition) is 5. The largest absolute Gasteiger partial charge is 0.417 e. The first-order chi connectivity index (χ1) is 15.3. The number of hydrogen-bond donors (Lipinski definition) is 0. The molecule has 32 heavy (non-hydrogen) atoms. The Kier molecular flexibility index (Phi) is 5.64. The van der Waals surface area contributed by atoms with E-state index >= 15 is 0 Å². The van der Waals surface area contributed by atoms with Crippen molar-refractivity contribution in [1.82, 2.24) is 29.5 Å². The summed E-state index contributed by atoms with van der Waals surface area (Å²) in [6, 6.07) is 6.56. The Morgan fingerprint density at radius 3 is 2.50 bits per heavy atom. The lowest BCUT2D eigenvalue weighted by Crippen LogP contribution is -2.48. The summed E-state index contributed by atoms with van der Waals surface area (Å²) >= 11 is 0. The van der Waals surface area contributed by atoms with Gasteiger partial charge in [0.25, 0.3) is 11.9 Å². The topological polar surface area (TPSA) is 84.2 Å². The lowest BCUT2D eigenvalue weighted by Gasteiger charge is -2.32. The summed E-state index contributed by atoms with van der Waals surface area (Å²) in [7, 11) is 0. The molecule has 3 aromatic rings. The molecule has 0 aliphatic carbocycles. The van der Waals surface area contributed by atoms with Crippen molar-refractivity contribution in [3.63, 3.8) is 0 Å². The molecule has 0 atom stereocenters. The molecule has 0 unspecified atom stereocenters. The van der Waals surface area contributed by atoms with Crippen molar-refractivity contribution >= 4 is 12.3 Å². The highest BCUT2D eigenvalue weighted by Crippen LogP contribution is 2.36. The third-order valence-corrected chi connectivity index (χ3v) is 5.33. The minimum Gasteiger partial charge on any atom is -0.342 e. The quantitative estimate of drug-likeness (QED) is 0.578. The van der Waals surface area contributed by atoms with Crippen molar-refractivity contribution in [3.05, 3.63) is 59.5 Å². The molecule has 2 aromatic heterocycles. The van der Waals surface area contributed by atoms with E-state index in [0.717, 1.165) is 12.5 Å². The molecule has 2 amide bonds. The summed E-state index contributed by atoms with van der Waals surface area (Å²) < 4.78 is 41.6. The Morgan fingerprint density at radius 1 is 1.09 bits per heavy atom. The molecule has 0 spiro atoms. The highest BCUT2D eigenvalue weighted by Gasteiger charge is 2.34. The second kappa shape index (κ2) is 8.40. The molecule has 11 heteroatoms. The number of amides is 2. The molecule has 3 heterocycles. The van der Waals surface area contributed by atoms with Crippen LogP contribution in [0.25, 0.3) is 17.2 Å². The lowest BCUT2D eigenvalue weighted by molar-refractivity contribution is -0.137. The lowest BCUT2D eigenvalue weighted by atomic mass is 10.0. The Hall–Kier alpha value is -3.76. The molecule has 166 valence electrons. The van der Waals surface area contributed by atoms with Gasteiger partial charge >= 0.3 is 6.18 Å². The maximum atomic E-state index is 13.4. The van der Waals surface area contributed by atoms with Crippen LogP contribution in [-0.4, -0.2) is 68.0 Å². The number of carbonyl (C=O) groups excluding carboxylic acids is 2. The molecule has 1 saturated heterocycles. The average Bonchev–Trinajstić information content (AvgIpc) is 3.19. The summed E-state index contributed by atoms with van der Waals surface area (Å²) in [6.45, 7) is 3.38. The van der Waals surface area contributed by atoms with Gasteiger partial charge in [0.15, 0.2) is 0 Å². The third kappa shape index (κ3) is 4.05. The standard InChI is InChI=1S/C21H19F3N6O2/c1-14-16(19(32)29-10-8-28(13-31)9-11-29)12-26-30(14)20-25-7-6-18(27-20)15-4-2-3-5-17(15)21(22,23)24/h2-7,12-13H,8-11H2,1H3. The van der Waals surface area contributed by atoms with Gasteiger partial charge in [-0.1, -0.05) is 18.2 Å². The van der Waals surface area contributed by atoms with E-state index < -0.39 is 11.7 Å². The van der Waals surface area contributed by atoms with Crippen molar-refractivity contribution in [3.8, 4) is 17.2 Å². The zero-order valence-corrected chi connectivity index (χ0v) is 17.1. The SMILES string of the molecule is Cc1c(C(=O)N2CCN(C=O)CC2)cnn1-c1nccc(-c2ccccc2C(F)(F)F)n1. The second-order valence-corrected chi connectivity index (χ2v) is 7.27. The Morgan fingerprint density at radius 2 is 1.81 bits per heavy atom. The first-order valence-corrected chi connectivity index (χ1v) is 9.83. The summed E-state index contributed by atoms with van der Waals surface area (Å²) in [4.78, 5) is 35.4. The van der Waals surface area contributed by atoms with E-state index in [4.69, 9.17) is 0 Å². The van der Waals surface area contributed by atoms with Gasteiger partial charge in [0.05, 0.1) is 28.7 Å². The number of nitrogens with zero attached hydrogens (tertiary/aromatic N) is 6. The molecular formula is C21H19F3N6O2. The van der Waals surface area contributed by atoms with Crippen molar-refractivity contribution in [1.29, 1.82) is 0 Å². The predicted molar refractivity (Wildman–Crippen MR) is 108 cm³/mol. The number of aromatic nitrogens is 4. The van der Waals surface area contributed by atoms with E-state index in [0.29, 0.717) is 37.4 Å². The van der Waals surface area contributed by atoms with Crippen LogP contribution in [0.4, 0.5) is 13.2 Å². The molecular weight excluding hydrogens is 425 g/mol. The van der Waals surface area contributed by atoms with Crippen LogP contribution >= 0.6 is 0 Å². The van der Waals surface area contributed by atoms with Crippen LogP contribution in [0.3, 0.4) is 0 Å². The number of halogens is 3. The van der Waals surface area contributed by atoms with E-state index in [1.807, 2.05) is 0 Å². The van der Waals surface area contributed by atoms with Crippen LogP contribution in [0, 0.1) is 6.92 Å². The van der Waals surface area contributed by atoms with Crippen LogP contribution in [0.15, 0.2) is 42.7 Å². The number of alkyl halides is 3. The highest BCUT2D eigenvalue weighted by molar-refractivity contribution is 5.95. The van der Waals surface area contributed by atoms with E-state index in [1.165, 1.54) is 41.3 Å². The Balaban J connectivity index is 1.64. The van der Waals surface area contributed by atoms with Crippen molar-refractivity contribution in [2.45, 2.75) is 13.1 Å². The van der Waals surface area contributed by atoms with Crippen molar-refractivity contribution in [2.75, 3.05) is 26.2 Å². The molecule has 0 radical (unpaired) electrons. The van der Waals surface area contributed by atoms with Gasteiger partial charge in [-0.05, 0) is 19.1 Å². The molecule has 8 nitrogen and oxygen atoms in total. The zero-order valence-electron chi connectivity index (χ0n) is 17.1. The molecule has 1 aliphatic heterocycles. The highest BCUT2D eigenvalue weighted by atomic mass is 19.4. The number of benzene rings is 1. The maximum Gasteiger partial charge on any atom is 0.417 e. The van der Waals surface area contributed by atoms with Gasteiger partial charge in [0.1, 0.15) is 0 Å². The van der Waals surface area contributed by atoms with Crippen LogP contribution in [0.5, 0.6) is 0 Å². The van der Waals surface area contributed by atoms with Crippen LogP contribution in [0.1, 0.15) is 21.6 Å². The summed E-state index contributed by atoms with van der Waals surface area (Å²) in [5.41, 5.74) is 0.0315. The van der Waals surface area contributed by atoms with Crippen LogP contribution in [-0.2, 0) is 11.0 Å². The Labute approximate surface area is 181 Å². The number of piperazine rings is 1. The normalized spacial score (nSPS) is 14.5. The summed E-state index contributed by atoms with van der Waals surface area (Å²) in [5, 5.41) is 4.19. The number of rotatable bonds is 4. The predicted octanol–water partition coefficient (Wildman–Crippen LogP) is 2.57. The van der Waals surface area contributed by atoms with Crippen LogP contribution < -0.4 is 0 Å². The summed E-state index contributed by atoms with van der Waals surface area (Å²) in [6.07, 6.45) is -1.03. The zero-order chi connectivity index (χ0) is 22.9. The van der Waals surface area contributed by atoms with Gasteiger partial charge in [-0.15, -0.1) is 0 Å². The van der Waals surface area contributed by atoms with Crippen molar-refractivity contribution < 1.29 is 22.8 Å². The van der Waals surface area contributed by atoms with Gasteiger partial charge in [-0.3, -0.25) is 9.59 Å². The van der Waals surface area contributed by atoms with Crippen molar-refractivity contribution in [2.24, 2.45) is 0 Å². The first kappa shape index (κ1) is 21.5. The molecule has 1 aromatic carbocycles. The minimum atomic E-state index is -4.53. The fourth-order valence-electron chi connectivity index (χ4n) is 3.58. The molecule has 1 fully saturated rings. The van der Waals surface area contributed by atoms with Gasteiger partial charge in [0.2, 0.25) is 6.41 Å².